The molecule has 138 valence electrons. The van der Waals surface area contributed by atoms with E-state index < -0.39 is 0 Å². The van der Waals surface area contributed by atoms with Crippen molar-refractivity contribution in [3.05, 3.63) is 59.7 Å². The van der Waals surface area contributed by atoms with E-state index in [1.54, 1.807) is 24.5 Å². The van der Waals surface area contributed by atoms with Crippen LogP contribution in [-0.4, -0.2) is 19.9 Å². The van der Waals surface area contributed by atoms with E-state index in [1.807, 2.05) is 30.5 Å². The van der Waals surface area contributed by atoms with Crippen LogP contribution in [0.1, 0.15) is 18.2 Å². The number of benzene rings is 1. The van der Waals surface area contributed by atoms with Gasteiger partial charge in [0.25, 0.3) is 0 Å². The number of furan rings is 1. The van der Waals surface area contributed by atoms with Gasteiger partial charge in [0.05, 0.1) is 17.5 Å². The van der Waals surface area contributed by atoms with Crippen LogP contribution in [0, 0.1) is 12.7 Å². The van der Waals surface area contributed by atoms with E-state index >= 15 is 0 Å². The van der Waals surface area contributed by atoms with Crippen LogP contribution in [-0.2, 0) is 12.3 Å². The predicted octanol–water partition coefficient (Wildman–Crippen LogP) is 4.95. The van der Waals surface area contributed by atoms with Crippen LogP contribution in [0.5, 0.6) is 0 Å². The standard InChI is InChI=1S/C19H17FN4O2S/c1-3-24-18(16-5-4-8-25-16)21-22-19(24)27-11-13-10-17(26-23-13)14-9-12(2)6-7-15(14)20/h4-10H,3,11H2,1-2H3. The van der Waals surface area contributed by atoms with Crippen LogP contribution in [0.4, 0.5) is 4.39 Å². The lowest BCUT2D eigenvalue weighted by molar-refractivity contribution is 0.424. The summed E-state index contributed by atoms with van der Waals surface area (Å²) in [5, 5.41) is 13.3. The van der Waals surface area contributed by atoms with E-state index in [0.717, 1.165) is 10.7 Å². The molecule has 0 N–H and O–H groups in total. The van der Waals surface area contributed by atoms with Gasteiger partial charge in [0, 0.05) is 18.4 Å². The molecule has 3 aromatic heterocycles. The van der Waals surface area contributed by atoms with Crippen molar-refractivity contribution in [1.29, 1.82) is 0 Å². The summed E-state index contributed by atoms with van der Waals surface area (Å²) in [6.07, 6.45) is 1.61. The quantitative estimate of drug-likeness (QED) is 0.438. The summed E-state index contributed by atoms with van der Waals surface area (Å²) < 4.78 is 26.8. The predicted molar refractivity (Wildman–Crippen MR) is 99.6 cm³/mol. The van der Waals surface area contributed by atoms with Gasteiger partial charge in [0.2, 0.25) is 0 Å². The van der Waals surface area contributed by atoms with Crippen molar-refractivity contribution in [2.75, 3.05) is 0 Å². The minimum absolute atomic E-state index is 0.329. The molecule has 0 aliphatic rings. The molecular weight excluding hydrogens is 367 g/mol. The average Bonchev–Trinajstić information content (AvgIpc) is 3.41. The minimum atomic E-state index is -0.329. The summed E-state index contributed by atoms with van der Waals surface area (Å²) in [6, 6.07) is 10.3. The van der Waals surface area contributed by atoms with Crippen molar-refractivity contribution in [2.24, 2.45) is 0 Å². The smallest absolute Gasteiger partial charge is 0.200 e. The van der Waals surface area contributed by atoms with Crippen molar-refractivity contribution in [1.82, 2.24) is 19.9 Å². The van der Waals surface area contributed by atoms with Crippen LogP contribution in [0.15, 0.2) is 56.8 Å². The summed E-state index contributed by atoms with van der Waals surface area (Å²) in [5.41, 5.74) is 2.08. The lowest BCUT2D eigenvalue weighted by Gasteiger charge is -2.04. The topological polar surface area (TPSA) is 69.9 Å². The highest BCUT2D eigenvalue weighted by molar-refractivity contribution is 7.98. The molecule has 0 unspecified atom stereocenters. The van der Waals surface area contributed by atoms with E-state index in [2.05, 4.69) is 15.4 Å². The van der Waals surface area contributed by atoms with Crippen molar-refractivity contribution in [2.45, 2.75) is 31.3 Å². The Morgan fingerprint density at radius 2 is 2.04 bits per heavy atom. The molecule has 0 saturated carbocycles. The van der Waals surface area contributed by atoms with Crippen LogP contribution < -0.4 is 0 Å². The van der Waals surface area contributed by atoms with Gasteiger partial charge in [0.1, 0.15) is 5.82 Å². The van der Waals surface area contributed by atoms with Gasteiger partial charge in [0.15, 0.2) is 22.5 Å². The summed E-state index contributed by atoms with van der Waals surface area (Å²) in [6.45, 7) is 4.64. The van der Waals surface area contributed by atoms with Crippen LogP contribution in [0.3, 0.4) is 0 Å². The first-order valence-electron chi connectivity index (χ1n) is 8.47. The second-order valence-electron chi connectivity index (χ2n) is 5.98. The maximum absolute atomic E-state index is 14.0. The Bertz CT molecular complexity index is 1060. The maximum atomic E-state index is 14.0. The van der Waals surface area contributed by atoms with Crippen molar-refractivity contribution in [3.63, 3.8) is 0 Å². The first kappa shape index (κ1) is 17.5. The highest BCUT2D eigenvalue weighted by Crippen LogP contribution is 2.29. The molecule has 0 aliphatic carbocycles. The van der Waals surface area contributed by atoms with Crippen molar-refractivity contribution < 1.29 is 13.3 Å². The van der Waals surface area contributed by atoms with Gasteiger partial charge in [-0.15, -0.1) is 10.2 Å². The van der Waals surface area contributed by atoms with Gasteiger partial charge in [-0.25, -0.2) is 4.39 Å². The second kappa shape index (κ2) is 7.40. The SMILES string of the molecule is CCn1c(SCc2cc(-c3cc(C)ccc3F)on2)nnc1-c1ccco1. The lowest BCUT2D eigenvalue weighted by Crippen LogP contribution is -1.99. The number of aromatic nitrogens is 4. The van der Waals surface area contributed by atoms with Gasteiger partial charge in [-0.1, -0.05) is 28.5 Å². The lowest BCUT2D eigenvalue weighted by atomic mass is 10.1. The fraction of sp³-hybridized carbons (Fsp3) is 0.211. The Morgan fingerprint density at radius 3 is 2.81 bits per heavy atom. The van der Waals surface area contributed by atoms with Gasteiger partial charge >= 0.3 is 0 Å². The molecule has 3 heterocycles. The summed E-state index contributed by atoms with van der Waals surface area (Å²) in [7, 11) is 0. The van der Waals surface area contributed by atoms with Crippen molar-refractivity contribution in [3.8, 4) is 22.9 Å². The molecule has 0 atom stereocenters. The van der Waals surface area contributed by atoms with Gasteiger partial charge in [-0.05, 0) is 38.1 Å². The van der Waals surface area contributed by atoms with Crippen LogP contribution in [0.2, 0.25) is 0 Å². The number of nitrogens with zero attached hydrogens (tertiary/aromatic N) is 4. The molecule has 8 heteroatoms. The number of halogens is 1. The normalized spacial score (nSPS) is 11.2. The first-order valence-corrected chi connectivity index (χ1v) is 9.46. The van der Waals surface area contributed by atoms with Gasteiger partial charge in [-0.3, -0.25) is 4.57 Å². The Labute approximate surface area is 159 Å². The maximum Gasteiger partial charge on any atom is 0.200 e. The largest absolute Gasteiger partial charge is 0.461 e. The average molecular weight is 384 g/mol. The highest BCUT2D eigenvalue weighted by Gasteiger charge is 2.17. The minimum Gasteiger partial charge on any atom is -0.461 e. The Morgan fingerprint density at radius 1 is 1.15 bits per heavy atom. The molecule has 0 fully saturated rings. The number of hydrogen-bond acceptors (Lipinski definition) is 6. The molecule has 0 aliphatic heterocycles. The molecule has 27 heavy (non-hydrogen) atoms. The summed E-state index contributed by atoms with van der Waals surface area (Å²) in [5.74, 6) is 1.99. The van der Waals surface area contributed by atoms with E-state index in [-0.39, 0.29) is 5.82 Å². The fourth-order valence-electron chi connectivity index (χ4n) is 2.74. The summed E-state index contributed by atoms with van der Waals surface area (Å²) in [4.78, 5) is 0. The molecule has 4 rings (SSSR count). The van der Waals surface area contributed by atoms with Crippen LogP contribution in [0.25, 0.3) is 22.9 Å². The third kappa shape index (κ3) is 3.52. The third-order valence-corrected chi connectivity index (χ3v) is 5.07. The Kier molecular flexibility index (Phi) is 4.81. The summed E-state index contributed by atoms with van der Waals surface area (Å²) >= 11 is 1.49. The number of aryl methyl sites for hydroxylation is 1. The third-order valence-electron chi connectivity index (χ3n) is 4.07. The molecular formula is C19H17FN4O2S. The molecule has 0 radical (unpaired) electrons. The van der Waals surface area contributed by atoms with Crippen LogP contribution >= 0.6 is 11.8 Å². The number of hydrogen-bond donors (Lipinski definition) is 0. The molecule has 0 saturated heterocycles. The number of rotatable bonds is 6. The molecule has 0 amide bonds. The second-order valence-corrected chi connectivity index (χ2v) is 6.92. The Balaban J connectivity index is 1.52. The van der Waals surface area contributed by atoms with E-state index in [0.29, 0.717) is 40.9 Å². The molecule has 1 aromatic carbocycles. The van der Waals surface area contributed by atoms with Gasteiger partial charge < -0.3 is 8.94 Å². The molecule has 6 nitrogen and oxygen atoms in total. The Hall–Kier alpha value is -2.87. The van der Waals surface area contributed by atoms with Crippen molar-refractivity contribution >= 4 is 11.8 Å². The van der Waals surface area contributed by atoms with Gasteiger partial charge in [-0.2, -0.15) is 0 Å². The van der Waals surface area contributed by atoms with E-state index in [4.69, 9.17) is 8.94 Å². The zero-order valence-corrected chi connectivity index (χ0v) is 15.7. The number of thioether (sulfide) groups is 1. The molecule has 4 aromatic rings. The van der Waals surface area contributed by atoms with E-state index in [9.17, 15) is 4.39 Å². The highest BCUT2D eigenvalue weighted by atomic mass is 32.2. The zero-order chi connectivity index (χ0) is 18.8. The zero-order valence-electron chi connectivity index (χ0n) is 14.8. The molecule has 0 bridgehead atoms. The monoisotopic (exact) mass is 384 g/mol. The first-order chi connectivity index (χ1) is 13.2. The van der Waals surface area contributed by atoms with E-state index in [1.165, 1.54) is 17.8 Å². The molecule has 0 spiro atoms. The fourth-order valence-corrected chi connectivity index (χ4v) is 3.62.